The number of likely N-dealkylation sites (tertiary alicyclic amines) is 1. The van der Waals surface area contributed by atoms with Crippen LogP contribution in [0.5, 0.6) is 0 Å². The number of anilines is 1. The Morgan fingerprint density at radius 1 is 1.42 bits per heavy atom. The molecule has 1 unspecified atom stereocenters. The van der Waals surface area contributed by atoms with Gasteiger partial charge in [0.1, 0.15) is 0 Å². The van der Waals surface area contributed by atoms with Gasteiger partial charge < -0.3 is 4.90 Å². The van der Waals surface area contributed by atoms with Crippen LogP contribution in [0.2, 0.25) is 0 Å². The van der Waals surface area contributed by atoms with Gasteiger partial charge in [-0.3, -0.25) is 9.69 Å². The Morgan fingerprint density at radius 3 is 2.84 bits per heavy atom. The van der Waals surface area contributed by atoms with Crippen LogP contribution in [0.1, 0.15) is 37.0 Å². The number of rotatable bonds is 5. The molecule has 1 aromatic carbocycles. The Hall–Kier alpha value is -1.35. The van der Waals surface area contributed by atoms with E-state index in [1.807, 2.05) is 24.3 Å². The third-order valence-corrected chi connectivity index (χ3v) is 4.08. The van der Waals surface area contributed by atoms with Crippen LogP contribution in [0.15, 0.2) is 24.3 Å². The van der Waals surface area contributed by atoms with E-state index in [1.165, 1.54) is 19.4 Å². The van der Waals surface area contributed by atoms with E-state index in [2.05, 4.69) is 23.8 Å². The number of likely N-dealkylation sites (N-methyl/N-ethyl adjacent to an activating group) is 2. The van der Waals surface area contributed by atoms with E-state index < -0.39 is 0 Å². The summed E-state index contributed by atoms with van der Waals surface area (Å²) in [5.41, 5.74) is 1.88. The molecular weight excluding hydrogens is 236 g/mol. The molecule has 1 fully saturated rings. The zero-order chi connectivity index (χ0) is 13.8. The summed E-state index contributed by atoms with van der Waals surface area (Å²) in [7, 11) is 2.09. The third kappa shape index (κ3) is 3.16. The maximum atomic E-state index is 11.7. The number of nitrogens with zero attached hydrogens (tertiary/aromatic N) is 2. The van der Waals surface area contributed by atoms with E-state index in [1.54, 1.807) is 6.92 Å². The largest absolute Gasteiger partial charge is 0.372 e. The van der Waals surface area contributed by atoms with Gasteiger partial charge in [0.15, 0.2) is 5.78 Å². The molecule has 2 rings (SSSR count). The van der Waals surface area contributed by atoms with Crippen molar-refractivity contribution in [2.45, 2.75) is 32.7 Å². The average Bonchev–Trinajstić information content (AvgIpc) is 2.85. The van der Waals surface area contributed by atoms with Crippen LogP contribution in [-0.2, 0) is 0 Å². The second kappa shape index (κ2) is 6.20. The minimum atomic E-state index is 0.140. The molecule has 3 heteroatoms. The summed E-state index contributed by atoms with van der Waals surface area (Å²) >= 11 is 0. The van der Waals surface area contributed by atoms with Crippen molar-refractivity contribution in [1.29, 1.82) is 0 Å². The van der Waals surface area contributed by atoms with Crippen LogP contribution in [0, 0.1) is 0 Å². The summed E-state index contributed by atoms with van der Waals surface area (Å²) in [6, 6.07) is 8.52. The van der Waals surface area contributed by atoms with Crippen molar-refractivity contribution in [3.05, 3.63) is 29.8 Å². The number of hydrogen-bond donors (Lipinski definition) is 0. The quantitative estimate of drug-likeness (QED) is 0.761. The van der Waals surface area contributed by atoms with Crippen molar-refractivity contribution in [1.82, 2.24) is 4.90 Å². The van der Waals surface area contributed by atoms with Crippen LogP contribution in [0.3, 0.4) is 0 Å². The molecule has 104 valence electrons. The van der Waals surface area contributed by atoms with E-state index in [9.17, 15) is 4.79 Å². The molecule has 1 saturated heterocycles. The van der Waals surface area contributed by atoms with Gasteiger partial charge in [0, 0.05) is 30.9 Å². The molecule has 0 radical (unpaired) electrons. The summed E-state index contributed by atoms with van der Waals surface area (Å²) in [5, 5.41) is 0. The van der Waals surface area contributed by atoms with Gasteiger partial charge in [-0.2, -0.15) is 0 Å². The molecule has 0 aromatic heterocycles. The predicted molar refractivity (Wildman–Crippen MR) is 80.0 cm³/mol. The fourth-order valence-corrected chi connectivity index (χ4v) is 3.04. The highest BCUT2D eigenvalue weighted by atomic mass is 16.1. The number of para-hydroxylation sites is 1. The van der Waals surface area contributed by atoms with Crippen LogP contribution in [0.25, 0.3) is 0 Å². The maximum absolute atomic E-state index is 11.7. The first-order chi connectivity index (χ1) is 9.13. The molecule has 19 heavy (non-hydrogen) atoms. The molecule has 0 N–H and O–H groups in total. The second-order valence-electron chi connectivity index (χ2n) is 5.38. The number of carbonyl (C=O) groups excluding carboxylic acids is 1. The number of carbonyl (C=O) groups is 1. The summed E-state index contributed by atoms with van der Waals surface area (Å²) in [6.45, 7) is 7.19. The number of ketones is 1. The Morgan fingerprint density at radius 2 is 2.16 bits per heavy atom. The van der Waals surface area contributed by atoms with E-state index >= 15 is 0 Å². The van der Waals surface area contributed by atoms with Gasteiger partial charge in [0.25, 0.3) is 0 Å². The Kier molecular flexibility index (Phi) is 4.59. The first-order valence-corrected chi connectivity index (χ1v) is 7.18. The Bertz CT molecular complexity index is 444. The minimum absolute atomic E-state index is 0.140. The monoisotopic (exact) mass is 260 g/mol. The first-order valence-electron chi connectivity index (χ1n) is 7.18. The van der Waals surface area contributed by atoms with E-state index in [4.69, 9.17) is 0 Å². The lowest BCUT2D eigenvalue weighted by Gasteiger charge is -2.29. The molecule has 0 bridgehead atoms. The van der Waals surface area contributed by atoms with Crippen LogP contribution in [0.4, 0.5) is 5.69 Å². The van der Waals surface area contributed by atoms with E-state index in [0.717, 1.165) is 24.3 Å². The van der Waals surface area contributed by atoms with Crippen molar-refractivity contribution < 1.29 is 4.79 Å². The highest BCUT2D eigenvalue weighted by Crippen LogP contribution is 2.23. The standard InChI is InChI=1S/C16H24N2O/c1-4-18-11-7-8-14(18)12-17(3)16-10-6-5-9-15(16)13(2)19/h5-6,9-10,14H,4,7-8,11-12H2,1-3H3. The molecule has 3 nitrogen and oxygen atoms in total. The van der Waals surface area contributed by atoms with Gasteiger partial charge in [0.2, 0.25) is 0 Å². The number of hydrogen-bond acceptors (Lipinski definition) is 3. The third-order valence-electron chi connectivity index (χ3n) is 4.08. The maximum Gasteiger partial charge on any atom is 0.161 e. The van der Waals surface area contributed by atoms with E-state index in [-0.39, 0.29) is 5.78 Å². The molecule has 1 aromatic rings. The van der Waals surface area contributed by atoms with Crippen LogP contribution >= 0.6 is 0 Å². The highest BCUT2D eigenvalue weighted by molar-refractivity contribution is 5.99. The van der Waals surface area contributed by atoms with Gasteiger partial charge in [-0.25, -0.2) is 0 Å². The van der Waals surface area contributed by atoms with Crippen molar-refractivity contribution in [3.8, 4) is 0 Å². The number of Topliss-reactive ketones (excluding diaryl/α,β-unsaturated/α-hetero) is 1. The van der Waals surface area contributed by atoms with Crippen molar-refractivity contribution in [2.75, 3.05) is 31.6 Å². The summed E-state index contributed by atoms with van der Waals surface area (Å²) < 4.78 is 0. The Balaban J connectivity index is 2.11. The van der Waals surface area contributed by atoms with Crippen LogP contribution in [-0.4, -0.2) is 43.4 Å². The molecule has 0 spiro atoms. The lowest BCUT2D eigenvalue weighted by atomic mass is 10.1. The van der Waals surface area contributed by atoms with Gasteiger partial charge in [-0.1, -0.05) is 19.1 Å². The summed E-state index contributed by atoms with van der Waals surface area (Å²) in [6.07, 6.45) is 2.56. The van der Waals surface area contributed by atoms with Crippen molar-refractivity contribution >= 4 is 11.5 Å². The van der Waals surface area contributed by atoms with Crippen molar-refractivity contribution in [3.63, 3.8) is 0 Å². The molecule has 0 saturated carbocycles. The molecular formula is C16H24N2O. The average molecular weight is 260 g/mol. The van der Waals surface area contributed by atoms with Gasteiger partial charge in [-0.15, -0.1) is 0 Å². The predicted octanol–water partition coefficient (Wildman–Crippen LogP) is 2.81. The molecule has 0 amide bonds. The normalized spacial score (nSPS) is 19.6. The van der Waals surface area contributed by atoms with Gasteiger partial charge >= 0.3 is 0 Å². The fraction of sp³-hybridized carbons (Fsp3) is 0.562. The SMILES string of the molecule is CCN1CCCC1CN(C)c1ccccc1C(C)=O. The van der Waals surface area contributed by atoms with Crippen molar-refractivity contribution in [2.24, 2.45) is 0 Å². The minimum Gasteiger partial charge on any atom is -0.372 e. The number of benzene rings is 1. The first kappa shape index (κ1) is 14.1. The van der Waals surface area contributed by atoms with Gasteiger partial charge in [-0.05, 0) is 45.0 Å². The zero-order valence-corrected chi connectivity index (χ0v) is 12.2. The topological polar surface area (TPSA) is 23.6 Å². The van der Waals surface area contributed by atoms with E-state index in [0.29, 0.717) is 6.04 Å². The molecule has 0 aliphatic carbocycles. The zero-order valence-electron chi connectivity index (χ0n) is 12.2. The lowest BCUT2D eigenvalue weighted by molar-refractivity contribution is 0.101. The smallest absolute Gasteiger partial charge is 0.161 e. The fourth-order valence-electron chi connectivity index (χ4n) is 3.04. The molecule has 1 heterocycles. The molecule has 1 aliphatic rings. The van der Waals surface area contributed by atoms with Gasteiger partial charge in [0.05, 0.1) is 0 Å². The Labute approximate surface area is 116 Å². The van der Waals surface area contributed by atoms with Crippen LogP contribution < -0.4 is 4.90 Å². The molecule has 1 atom stereocenters. The summed E-state index contributed by atoms with van der Waals surface area (Å²) in [5.74, 6) is 0.140. The molecule has 1 aliphatic heterocycles. The second-order valence-corrected chi connectivity index (χ2v) is 5.38. The lowest BCUT2D eigenvalue weighted by Crippen LogP contribution is -2.39. The highest BCUT2D eigenvalue weighted by Gasteiger charge is 2.24. The summed E-state index contributed by atoms with van der Waals surface area (Å²) in [4.78, 5) is 16.5.